The number of ketones is 1. The molecule has 0 unspecified atom stereocenters. The molecule has 0 aliphatic carbocycles. The molecule has 0 spiro atoms. The first-order chi connectivity index (χ1) is 30.9. The van der Waals surface area contributed by atoms with Gasteiger partial charge in [-0.2, -0.15) is 0 Å². The molecule has 1 aromatic rings. The molecular formula is C51H90N4O9. The lowest BCUT2D eigenvalue weighted by atomic mass is 9.82. The van der Waals surface area contributed by atoms with E-state index >= 15 is 0 Å². The molecule has 3 amide bonds. The van der Waals surface area contributed by atoms with Crippen LogP contribution in [0.1, 0.15) is 200 Å². The van der Waals surface area contributed by atoms with Crippen LogP contribution in [-0.2, 0) is 30.5 Å². The molecule has 0 bridgehead atoms. The van der Waals surface area contributed by atoms with Crippen LogP contribution in [0.25, 0.3) is 0 Å². The topological polar surface area (TPSA) is 201 Å². The fourth-order valence-corrected chi connectivity index (χ4v) is 8.70. The van der Waals surface area contributed by atoms with E-state index in [9.17, 15) is 34.5 Å². The van der Waals surface area contributed by atoms with Gasteiger partial charge in [-0.25, -0.2) is 4.79 Å². The molecule has 2 rings (SSSR count). The minimum atomic E-state index is -2.23. The number of unbranched alkanes of at least 4 members (excludes halogenated alkanes) is 23. The lowest BCUT2D eigenvalue weighted by Gasteiger charge is -2.52. The van der Waals surface area contributed by atoms with E-state index in [1.165, 1.54) is 101 Å². The summed E-state index contributed by atoms with van der Waals surface area (Å²) in [6.45, 7) is 6.71. The van der Waals surface area contributed by atoms with Gasteiger partial charge < -0.3 is 40.3 Å². The van der Waals surface area contributed by atoms with Gasteiger partial charge in [0.1, 0.15) is 30.8 Å². The molecule has 7 N–H and O–H groups in total. The van der Waals surface area contributed by atoms with Crippen molar-refractivity contribution in [1.29, 1.82) is 0 Å². The van der Waals surface area contributed by atoms with Gasteiger partial charge in [0.25, 0.3) is 0 Å². The molecule has 1 heterocycles. The van der Waals surface area contributed by atoms with E-state index in [0.717, 1.165) is 56.9 Å². The Balaban J connectivity index is 2.09. The largest absolute Gasteiger partial charge is 0.445 e. The average molecular weight is 903 g/mol. The molecule has 1 aromatic carbocycles. The zero-order chi connectivity index (χ0) is 47.0. The summed E-state index contributed by atoms with van der Waals surface area (Å²) in [5, 5.41) is 37.8. The number of Topliss-reactive ketones (excluding diaryl/α,β-unsaturated/α-hetero) is 1. The van der Waals surface area contributed by atoms with E-state index in [4.69, 9.17) is 15.2 Å². The summed E-state index contributed by atoms with van der Waals surface area (Å²) in [7, 11) is 0. The minimum Gasteiger partial charge on any atom is -0.445 e. The van der Waals surface area contributed by atoms with Crippen molar-refractivity contribution >= 4 is 23.7 Å². The van der Waals surface area contributed by atoms with Crippen LogP contribution in [0.15, 0.2) is 30.3 Å². The van der Waals surface area contributed by atoms with Gasteiger partial charge in [0.05, 0.1) is 19.3 Å². The number of hydrogen-bond donors (Lipinski definition) is 6. The molecule has 1 aliphatic heterocycles. The zero-order valence-corrected chi connectivity index (χ0v) is 40.4. The predicted octanol–water partition coefficient (Wildman–Crippen LogP) is 8.98. The van der Waals surface area contributed by atoms with Crippen LogP contribution >= 0.6 is 0 Å². The van der Waals surface area contributed by atoms with Crippen molar-refractivity contribution in [2.45, 2.75) is 231 Å². The molecule has 64 heavy (non-hydrogen) atoms. The minimum absolute atomic E-state index is 0.000685. The second kappa shape index (κ2) is 34.2. The van der Waals surface area contributed by atoms with Gasteiger partial charge in [-0.3, -0.25) is 20.1 Å². The Morgan fingerprint density at radius 1 is 0.719 bits per heavy atom. The third kappa shape index (κ3) is 21.9. The van der Waals surface area contributed by atoms with Gasteiger partial charge in [-0.05, 0) is 24.3 Å². The van der Waals surface area contributed by atoms with E-state index in [1.54, 1.807) is 26.0 Å². The quantitative estimate of drug-likeness (QED) is 0.0277. The number of carbonyl (C=O) groups excluding carboxylic acids is 4. The Morgan fingerprint density at radius 2 is 1.19 bits per heavy atom. The van der Waals surface area contributed by atoms with Crippen LogP contribution in [0.4, 0.5) is 4.79 Å². The molecule has 13 nitrogen and oxygen atoms in total. The van der Waals surface area contributed by atoms with Crippen LogP contribution in [0.2, 0.25) is 0 Å². The highest BCUT2D eigenvalue weighted by Crippen LogP contribution is 2.36. The molecule has 0 radical (unpaired) electrons. The fraction of sp³-hybridized carbons (Fsp3) is 0.804. The van der Waals surface area contributed by atoms with E-state index < -0.39 is 73.0 Å². The lowest BCUT2D eigenvalue weighted by molar-refractivity contribution is -0.291. The molecule has 6 atom stereocenters. The monoisotopic (exact) mass is 903 g/mol. The first-order valence-corrected chi connectivity index (χ1v) is 25.4. The maximum absolute atomic E-state index is 14.2. The van der Waals surface area contributed by atoms with Crippen molar-refractivity contribution in [3.05, 3.63) is 35.9 Å². The SMILES string of the molecule is CCCCCCCCCCCCCCCCCCN(C(=O)CCCCCCCCCCC)[C@]1(N)O[C@H](CO)[C@@H](O)[C@H](O)[C@H]1C(=O)CNC(=O)[C@@H](NC(=O)OCc1ccccc1)C(C)C. The van der Waals surface area contributed by atoms with E-state index in [2.05, 4.69) is 24.5 Å². The number of ether oxygens (including phenoxy) is 2. The first-order valence-electron chi connectivity index (χ1n) is 25.4. The van der Waals surface area contributed by atoms with Gasteiger partial charge in [-0.15, -0.1) is 0 Å². The van der Waals surface area contributed by atoms with Crippen molar-refractivity contribution in [1.82, 2.24) is 15.5 Å². The number of hydrogen-bond acceptors (Lipinski definition) is 10. The number of nitrogens with zero attached hydrogens (tertiary/aromatic N) is 1. The highest BCUT2D eigenvalue weighted by Gasteiger charge is 2.58. The maximum atomic E-state index is 14.2. The summed E-state index contributed by atoms with van der Waals surface area (Å²) in [4.78, 5) is 55.8. The Bertz CT molecular complexity index is 1400. The van der Waals surface area contributed by atoms with Crippen LogP contribution in [0.3, 0.4) is 0 Å². The summed E-state index contributed by atoms with van der Waals surface area (Å²) in [6, 6.07) is 8.02. The van der Waals surface area contributed by atoms with Gasteiger partial charge in [0.15, 0.2) is 5.78 Å². The van der Waals surface area contributed by atoms with E-state index in [-0.39, 0.29) is 25.5 Å². The standard InChI is InChI=1S/C51H90N4O9/c1-5-7-9-11-13-15-16-17-18-19-20-21-23-25-27-32-36-55(44(58)35-31-26-24-22-14-12-10-8-6-2)51(52)45(48(60)47(59)43(38-56)64-51)42(57)37-53-49(61)46(40(3)4)54-50(62)63-39-41-33-29-28-30-34-41/h28-30,33-34,40,43,45-48,56,59-60H,5-27,31-32,35-39,52H2,1-4H3,(H,53,61)(H,54,62)/t43-,45-,46+,47-,48-,51+/m1/s1. The van der Waals surface area contributed by atoms with Gasteiger partial charge in [0, 0.05) is 13.0 Å². The Morgan fingerprint density at radius 3 is 1.66 bits per heavy atom. The van der Waals surface area contributed by atoms with Crippen LogP contribution in [0, 0.1) is 11.8 Å². The molecule has 1 fully saturated rings. The molecule has 368 valence electrons. The number of amides is 3. The zero-order valence-electron chi connectivity index (χ0n) is 40.4. The van der Waals surface area contributed by atoms with Gasteiger partial charge in [-0.1, -0.05) is 206 Å². The molecule has 1 aliphatic rings. The highest BCUT2D eigenvalue weighted by molar-refractivity contribution is 5.92. The second-order valence-corrected chi connectivity index (χ2v) is 18.6. The fourth-order valence-electron chi connectivity index (χ4n) is 8.70. The number of benzene rings is 1. The summed E-state index contributed by atoms with van der Waals surface area (Å²) < 4.78 is 11.4. The lowest BCUT2D eigenvalue weighted by Crippen LogP contribution is -2.75. The number of nitrogens with one attached hydrogen (secondary N) is 2. The normalized spacial score (nSPS) is 20.2. The number of nitrogens with two attached hydrogens (primary N) is 1. The van der Waals surface area contributed by atoms with Crippen molar-refractivity contribution in [2.24, 2.45) is 17.6 Å². The van der Waals surface area contributed by atoms with Gasteiger partial charge >= 0.3 is 6.09 Å². The van der Waals surface area contributed by atoms with E-state index in [0.29, 0.717) is 12.8 Å². The smallest absolute Gasteiger partial charge is 0.408 e. The summed E-state index contributed by atoms with van der Waals surface area (Å²) >= 11 is 0. The Kier molecular flexibility index (Phi) is 30.5. The van der Waals surface area contributed by atoms with Crippen LogP contribution < -0.4 is 16.4 Å². The third-order valence-corrected chi connectivity index (χ3v) is 12.7. The Hall–Kier alpha value is -3.10. The first kappa shape index (κ1) is 57.0. The summed E-state index contributed by atoms with van der Waals surface area (Å²) in [5.74, 6) is -6.07. The Labute approximate surface area is 386 Å². The van der Waals surface area contributed by atoms with Crippen molar-refractivity contribution in [2.75, 3.05) is 19.7 Å². The van der Waals surface area contributed by atoms with Gasteiger partial charge in [0.2, 0.25) is 17.7 Å². The number of alkyl carbamates (subject to hydrolysis) is 1. The number of aliphatic hydroxyl groups is 3. The van der Waals surface area contributed by atoms with Crippen molar-refractivity contribution in [3.63, 3.8) is 0 Å². The molecule has 0 saturated carbocycles. The summed E-state index contributed by atoms with van der Waals surface area (Å²) in [6.07, 6.45) is 23.1. The summed E-state index contributed by atoms with van der Waals surface area (Å²) in [5.41, 5.74) is 7.77. The van der Waals surface area contributed by atoms with Crippen molar-refractivity contribution < 1.29 is 44.0 Å². The van der Waals surface area contributed by atoms with E-state index in [1.807, 2.05) is 18.2 Å². The van der Waals surface area contributed by atoms with Crippen LogP contribution in [0.5, 0.6) is 0 Å². The second-order valence-electron chi connectivity index (χ2n) is 18.6. The number of aliphatic hydroxyl groups excluding tert-OH is 3. The number of rotatable bonds is 37. The molecular weight excluding hydrogens is 813 g/mol. The maximum Gasteiger partial charge on any atom is 0.408 e. The average Bonchev–Trinajstić information content (AvgIpc) is 3.28. The highest BCUT2D eigenvalue weighted by atomic mass is 16.6. The molecule has 0 aromatic heterocycles. The molecule has 1 saturated heterocycles. The predicted molar refractivity (Wildman–Crippen MR) is 254 cm³/mol. The number of carbonyl (C=O) groups is 4. The van der Waals surface area contributed by atoms with Crippen LogP contribution in [-0.4, -0.2) is 93.8 Å². The molecule has 13 heteroatoms. The third-order valence-electron chi connectivity index (χ3n) is 12.7. The van der Waals surface area contributed by atoms with Crippen molar-refractivity contribution in [3.8, 4) is 0 Å².